The lowest BCUT2D eigenvalue weighted by Crippen LogP contribution is -2.38. The molecule has 0 bridgehead atoms. The molecular formula is C26H24FN5O2. The van der Waals surface area contributed by atoms with Crippen LogP contribution in [0, 0.1) is 17.1 Å². The van der Waals surface area contributed by atoms with Crippen molar-refractivity contribution in [1.82, 2.24) is 15.6 Å². The first-order valence-corrected chi connectivity index (χ1v) is 11.1. The largest absolute Gasteiger partial charge is 0.369 e. The van der Waals surface area contributed by atoms with E-state index in [1.165, 1.54) is 12.1 Å². The molecular weight excluding hydrogens is 433 g/mol. The summed E-state index contributed by atoms with van der Waals surface area (Å²) in [5.41, 5.74) is 2.88. The van der Waals surface area contributed by atoms with Crippen LogP contribution in [0.4, 0.5) is 10.2 Å². The van der Waals surface area contributed by atoms with Crippen LogP contribution < -0.4 is 16.0 Å². The summed E-state index contributed by atoms with van der Waals surface area (Å²) in [6, 6.07) is 18.9. The zero-order chi connectivity index (χ0) is 23.9. The van der Waals surface area contributed by atoms with Gasteiger partial charge in [-0.1, -0.05) is 30.3 Å². The number of amides is 2. The van der Waals surface area contributed by atoms with Crippen molar-refractivity contribution in [3.8, 4) is 17.3 Å². The molecule has 2 heterocycles. The van der Waals surface area contributed by atoms with Gasteiger partial charge in [0.25, 0.3) is 5.91 Å². The Morgan fingerprint density at radius 1 is 1.18 bits per heavy atom. The molecule has 4 rings (SSSR count). The summed E-state index contributed by atoms with van der Waals surface area (Å²) < 4.78 is 13.5. The molecule has 7 nitrogen and oxygen atoms in total. The van der Waals surface area contributed by atoms with Gasteiger partial charge in [0, 0.05) is 31.1 Å². The van der Waals surface area contributed by atoms with E-state index in [0.29, 0.717) is 60.6 Å². The van der Waals surface area contributed by atoms with Crippen molar-refractivity contribution >= 4 is 17.6 Å². The predicted molar refractivity (Wildman–Crippen MR) is 126 cm³/mol. The Morgan fingerprint density at radius 2 is 2.03 bits per heavy atom. The molecule has 0 aliphatic carbocycles. The summed E-state index contributed by atoms with van der Waals surface area (Å²) in [6.45, 7) is 0.755. The molecule has 1 saturated heterocycles. The average molecular weight is 458 g/mol. The average Bonchev–Trinajstić information content (AvgIpc) is 3.27. The highest BCUT2D eigenvalue weighted by Crippen LogP contribution is 2.25. The van der Waals surface area contributed by atoms with Crippen molar-refractivity contribution in [2.45, 2.75) is 25.3 Å². The number of benzene rings is 2. The Balaban J connectivity index is 1.55. The summed E-state index contributed by atoms with van der Waals surface area (Å²) >= 11 is 0. The first kappa shape index (κ1) is 22.9. The lowest BCUT2D eigenvalue weighted by Gasteiger charge is -2.15. The number of aromatic nitrogens is 1. The van der Waals surface area contributed by atoms with Gasteiger partial charge in [0.2, 0.25) is 5.91 Å². The lowest BCUT2D eigenvalue weighted by molar-refractivity contribution is -0.119. The van der Waals surface area contributed by atoms with Crippen LogP contribution in [0.3, 0.4) is 0 Å². The van der Waals surface area contributed by atoms with Gasteiger partial charge in [-0.3, -0.25) is 9.59 Å². The minimum atomic E-state index is -0.318. The number of pyridine rings is 1. The molecule has 34 heavy (non-hydrogen) atoms. The second kappa shape index (κ2) is 10.6. The Hall–Kier alpha value is -4.25. The van der Waals surface area contributed by atoms with Crippen molar-refractivity contribution in [3.05, 3.63) is 83.2 Å². The van der Waals surface area contributed by atoms with Crippen molar-refractivity contribution in [2.75, 3.05) is 18.4 Å². The van der Waals surface area contributed by atoms with Gasteiger partial charge in [-0.15, -0.1) is 0 Å². The van der Waals surface area contributed by atoms with E-state index in [0.717, 1.165) is 5.56 Å². The Morgan fingerprint density at radius 3 is 2.79 bits per heavy atom. The zero-order valence-electron chi connectivity index (χ0n) is 18.5. The van der Waals surface area contributed by atoms with E-state index in [4.69, 9.17) is 0 Å². The Labute approximate surface area is 197 Å². The fourth-order valence-corrected chi connectivity index (χ4v) is 3.89. The number of hydrogen-bond acceptors (Lipinski definition) is 5. The topological polar surface area (TPSA) is 107 Å². The van der Waals surface area contributed by atoms with E-state index in [1.54, 1.807) is 36.4 Å². The highest BCUT2D eigenvalue weighted by Gasteiger charge is 2.22. The maximum atomic E-state index is 13.5. The molecule has 1 aromatic heterocycles. The maximum Gasteiger partial charge on any atom is 0.255 e. The quantitative estimate of drug-likeness (QED) is 0.481. The van der Waals surface area contributed by atoms with Crippen molar-refractivity contribution in [3.63, 3.8) is 0 Å². The number of halogens is 1. The van der Waals surface area contributed by atoms with Crippen LogP contribution in [-0.4, -0.2) is 35.9 Å². The van der Waals surface area contributed by atoms with Crippen LogP contribution in [0.5, 0.6) is 0 Å². The zero-order valence-corrected chi connectivity index (χ0v) is 18.5. The van der Waals surface area contributed by atoms with Crippen LogP contribution in [0.2, 0.25) is 0 Å². The number of nitrogens with zero attached hydrogens (tertiary/aromatic N) is 2. The number of anilines is 1. The summed E-state index contributed by atoms with van der Waals surface area (Å²) in [6.07, 6.45) is 1.68. The van der Waals surface area contributed by atoms with Gasteiger partial charge >= 0.3 is 0 Å². The minimum absolute atomic E-state index is 0.0128. The van der Waals surface area contributed by atoms with Crippen LogP contribution in [0.25, 0.3) is 11.3 Å². The number of rotatable bonds is 8. The molecule has 2 amide bonds. The molecule has 8 heteroatoms. The van der Waals surface area contributed by atoms with Gasteiger partial charge in [0.15, 0.2) is 0 Å². The van der Waals surface area contributed by atoms with Crippen LogP contribution in [0.15, 0.2) is 60.7 Å². The molecule has 0 saturated carbocycles. The number of nitriles is 1. The third kappa shape index (κ3) is 5.56. The number of hydrogen-bond donors (Lipinski definition) is 3. The predicted octanol–water partition coefficient (Wildman–Crippen LogP) is 3.42. The highest BCUT2D eigenvalue weighted by atomic mass is 19.1. The summed E-state index contributed by atoms with van der Waals surface area (Å²) in [7, 11) is 0. The molecule has 0 unspecified atom stereocenters. The molecule has 1 atom stereocenters. The van der Waals surface area contributed by atoms with Gasteiger partial charge in [-0.25, -0.2) is 9.37 Å². The van der Waals surface area contributed by atoms with Crippen molar-refractivity contribution < 1.29 is 14.0 Å². The molecule has 0 radical (unpaired) electrons. The summed E-state index contributed by atoms with van der Waals surface area (Å²) in [4.78, 5) is 29.0. The third-order valence-electron chi connectivity index (χ3n) is 5.65. The molecule has 0 spiro atoms. The molecule has 1 aliphatic heterocycles. The molecule has 172 valence electrons. The molecule has 2 aromatic carbocycles. The number of carbonyl (C=O) groups is 2. The first-order chi connectivity index (χ1) is 16.5. The van der Waals surface area contributed by atoms with E-state index < -0.39 is 0 Å². The Kier molecular flexibility index (Phi) is 7.13. The Bertz CT molecular complexity index is 1250. The first-order valence-electron chi connectivity index (χ1n) is 11.1. The molecule has 1 fully saturated rings. The fraction of sp³-hybridized carbons (Fsp3) is 0.231. The number of nitrogens with one attached hydrogen (secondary N) is 3. The summed E-state index contributed by atoms with van der Waals surface area (Å²) in [5, 5.41) is 18.3. The smallest absolute Gasteiger partial charge is 0.255 e. The maximum absolute atomic E-state index is 13.5. The summed E-state index contributed by atoms with van der Waals surface area (Å²) in [5.74, 6) is -0.262. The van der Waals surface area contributed by atoms with Crippen molar-refractivity contribution in [2.24, 2.45) is 0 Å². The molecule has 3 N–H and O–H groups in total. The van der Waals surface area contributed by atoms with Gasteiger partial charge in [-0.05, 0) is 48.7 Å². The van der Waals surface area contributed by atoms with E-state index in [-0.39, 0.29) is 23.7 Å². The number of carbonyl (C=O) groups excluding carboxylic acids is 2. The fourth-order valence-electron chi connectivity index (χ4n) is 3.89. The van der Waals surface area contributed by atoms with Gasteiger partial charge in [-0.2, -0.15) is 5.26 Å². The van der Waals surface area contributed by atoms with Crippen LogP contribution in [-0.2, 0) is 11.2 Å². The third-order valence-corrected chi connectivity index (χ3v) is 5.65. The highest BCUT2D eigenvalue weighted by molar-refractivity contribution is 5.99. The second-order valence-electron chi connectivity index (χ2n) is 8.07. The van der Waals surface area contributed by atoms with Gasteiger partial charge < -0.3 is 16.0 Å². The second-order valence-corrected chi connectivity index (χ2v) is 8.07. The van der Waals surface area contributed by atoms with Crippen LogP contribution in [0.1, 0.15) is 34.3 Å². The van der Waals surface area contributed by atoms with E-state index >= 15 is 0 Å². The van der Waals surface area contributed by atoms with Gasteiger partial charge in [0.1, 0.15) is 11.6 Å². The molecule has 1 aliphatic rings. The van der Waals surface area contributed by atoms with Crippen molar-refractivity contribution in [1.29, 1.82) is 5.26 Å². The minimum Gasteiger partial charge on any atom is -0.369 e. The standard InChI is InChI=1S/C26H24FN5O2/c27-19-6-3-4-17(14-19)12-13-29-25-22(26(34)30-16-20-8-11-24(33)31-20)9-10-23(32-25)21-7-2-1-5-18(21)15-28/h1-7,9-10,14,20H,8,11-13,16H2,(H,29,32)(H,30,34)(H,31,33)/t20-/m0/s1. The van der Waals surface area contributed by atoms with Gasteiger partial charge in [0.05, 0.1) is 22.9 Å². The van der Waals surface area contributed by atoms with Crippen LogP contribution >= 0.6 is 0 Å². The van der Waals surface area contributed by atoms with E-state index in [9.17, 15) is 19.2 Å². The normalized spacial score (nSPS) is 14.8. The monoisotopic (exact) mass is 457 g/mol. The molecule has 3 aromatic rings. The van der Waals surface area contributed by atoms with E-state index in [2.05, 4.69) is 27.0 Å². The SMILES string of the molecule is N#Cc1ccccc1-c1ccc(C(=O)NC[C@@H]2CCC(=O)N2)c(NCCc2cccc(F)c2)n1. The lowest BCUT2D eigenvalue weighted by atomic mass is 10.0. The van der Waals surface area contributed by atoms with E-state index in [1.807, 2.05) is 12.1 Å².